The molecule has 146 valence electrons. The third-order valence-electron chi connectivity index (χ3n) is 4.32. The lowest BCUT2D eigenvalue weighted by Crippen LogP contribution is -2.28. The maximum absolute atomic E-state index is 12.7. The molecule has 3 N–H and O–H groups in total. The van der Waals surface area contributed by atoms with Crippen LogP contribution in [0, 0.1) is 0 Å². The monoisotopic (exact) mass is 411 g/mol. The number of fused-ring (bicyclic) bond motifs is 1. The molecule has 0 unspecified atom stereocenters. The van der Waals surface area contributed by atoms with Crippen LogP contribution in [0.5, 0.6) is 17.2 Å². The predicted octanol–water partition coefficient (Wildman–Crippen LogP) is 3.15. The number of aromatic hydroxyl groups is 3. The minimum atomic E-state index is -0.672. The van der Waals surface area contributed by atoms with Gasteiger partial charge in [0.2, 0.25) is 0 Å². The van der Waals surface area contributed by atoms with Gasteiger partial charge in [-0.1, -0.05) is 0 Å². The maximum Gasteiger partial charge on any atom is 0.336 e. The second-order valence-electron chi connectivity index (χ2n) is 6.28. The zero-order chi connectivity index (χ0) is 20.7. The van der Waals surface area contributed by atoms with Crippen LogP contribution in [-0.2, 0) is 11.3 Å². The Morgan fingerprint density at radius 1 is 0.966 bits per heavy atom. The first kappa shape index (κ1) is 18.6. The van der Waals surface area contributed by atoms with Gasteiger partial charge in [-0.15, -0.1) is 0 Å². The first-order valence-corrected chi connectivity index (χ1v) is 9.16. The van der Waals surface area contributed by atoms with Crippen molar-refractivity contribution in [2.24, 2.45) is 0 Å². The average molecular weight is 411 g/mol. The number of imide groups is 1. The number of phenols is 3. The summed E-state index contributed by atoms with van der Waals surface area (Å²) >= 11 is 0.704. The zero-order valence-electron chi connectivity index (χ0n) is 14.7. The molecule has 1 saturated heterocycles. The average Bonchev–Trinajstić information content (AvgIpc) is 2.91. The molecule has 1 aliphatic heterocycles. The Labute approximate surface area is 167 Å². The smallest absolute Gasteiger partial charge is 0.336 e. The van der Waals surface area contributed by atoms with Gasteiger partial charge in [0, 0.05) is 29.1 Å². The number of benzene rings is 2. The van der Waals surface area contributed by atoms with Crippen molar-refractivity contribution in [1.82, 2.24) is 4.90 Å². The van der Waals surface area contributed by atoms with Crippen molar-refractivity contribution in [3.63, 3.8) is 0 Å². The molecule has 0 radical (unpaired) electrons. The van der Waals surface area contributed by atoms with E-state index in [1.165, 1.54) is 42.5 Å². The topological polar surface area (TPSA) is 128 Å². The van der Waals surface area contributed by atoms with Gasteiger partial charge >= 0.3 is 5.63 Å². The summed E-state index contributed by atoms with van der Waals surface area (Å²) in [6, 6.07) is 9.31. The van der Waals surface area contributed by atoms with Gasteiger partial charge in [-0.05, 0) is 47.7 Å². The summed E-state index contributed by atoms with van der Waals surface area (Å²) in [6.07, 6.45) is 1.36. The second-order valence-corrected chi connectivity index (χ2v) is 7.28. The minimum absolute atomic E-state index is 0.0828. The highest BCUT2D eigenvalue weighted by Crippen LogP contribution is 2.36. The molecular formula is C20H13NO7S. The van der Waals surface area contributed by atoms with Crippen molar-refractivity contribution < 1.29 is 29.3 Å². The van der Waals surface area contributed by atoms with E-state index in [1.807, 2.05) is 0 Å². The normalized spacial score (nSPS) is 15.6. The summed E-state index contributed by atoms with van der Waals surface area (Å²) in [7, 11) is 0. The van der Waals surface area contributed by atoms with Gasteiger partial charge in [-0.25, -0.2) is 4.79 Å². The van der Waals surface area contributed by atoms with E-state index in [4.69, 9.17) is 4.42 Å². The summed E-state index contributed by atoms with van der Waals surface area (Å²) in [5.41, 5.74) is 0.139. The number of rotatable bonds is 3. The van der Waals surface area contributed by atoms with Crippen LogP contribution in [0.1, 0.15) is 11.1 Å². The fourth-order valence-corrected chi connectivity index (χ4v) is 3.78. The van der Waals surface area contributed by atoms with Crippen LogP contribution in [0.15, 0.2) is 56.6 Å². The Kier molecular flexibility index (Phi) is 4.51. The highest BCUT2D eigenvalue weighted by molar-refractivity contribution is 8.18. The fraction of sp³-hybridized carbons (Fsp3) is 0.0500. The van der Waals surface area contributed by atoms with Gasteiger partial charge < -0.3 is 19.7 Å². The number of hydrogen-bond acceptors (Lipinski definition) is 8. The lowest BCUT2D eigenvalue weighted by atomic mass is 10.1. The standard InChI is InChI=1S/C20H13NO7S/c22-12-2-1-10(15(24)7-12)5-17-19(26)21(20(27)29-17)9-11-6-18(25)28-16-8-13(23)3-4-14(11)16/h1-8,22-24H,9H2/b17-5-. The van der Waals surface area contributed by atoms with E-state index >= 15 is 0 Å². The van der Waals surface area contributed by atoms with Crippen LogP contribution in [-0.4, -0.2) is 31.4 Å². The fourth-order valence-electron chi connectivity index (χ4n) is 2.95. The zero-order valence-corrected chi connectivity index (χ0v) is 15.5. The summed E-state index contributed by atoms with van der Waals surface area (Å²) in [4.78, 5) is 38.0. The van der Waals surface area contributed by atoms with Crippen molar-refractivity contribution in [3.8, 4) is 17.2 Å². The number of nitrogens with zero attached hydrogens (tertiary/aromatic N) is 1. The lowest BCUT2D eigenvalue weighted by Gasteiger charge is -2.13. The number of thioether (sulfide) groups is 1. The SMILES string of the molecule is O=C1S/C(=C\c2ccc(O)cc2O)C(=O)N1Cc1cc(=O)oc2cc(O)ccc12. The van der Waals surface area contributed by atoms with Gasteiger partial charge in [-0.3, -0.25) is 14.5 Å². The third kappa shape index (κ3) is 3.55. The van der Waals surface area contributed by atoms with E-state index in [1.54, 1.807) is 0 Å². The molecule has 0 saturated carbocycles. The molecule has 1 fully saturated rings. The van der Waals surface area contributed by atoms with Gasteiger partial charge in [-0.2, -0.15) is 0 Å². The number of phenolic OH excluding ortho intramolecular Hbond substituents is 3. The summed E-state index contributed by atoms with van der Waals surface area (Å²) in [5.74, 6) is -1.02. The van der Waals surface area contributed by atoms with Crippen LogP contribution in [0.3, 0.4) is 0 Å². The maximum atomic E-state index is 12.7. The van der Waals surface area contributed by atoms with Crippen LogP contribution >= 0.6 is 11.8 Å². The van der Waals surface area contributed by atoms with Gasteiger partial charge in [0.25, 0.3) is 11.1 Å². The molecule has 4 rings (SSSR count). The van der Waals surface area contributed by atoms with Crippen LogP contribution in [0.25, 0.3) is 17.0 Å². The molecular weight excluding hydrogens is 398 g/mol. The van der Waals surface area contributed by atoms with Crippen LogP contribution < -0.4 is 5.63 Å². The minimum Gasteiger partial charge on any atom is -0.508 e. The van der Waals surface area contributed by atoms with Gasteiger partial charge in [0.05, 0.1) is 11.4 Å². The van der Waals surface area contributed by atoms with Crippen molar-refractivity contribution in [1.29, 1.82) is 0 Å². The van der Waals surface area contributed by atoms with Crippen molar-refractivity contribution in [2.45, 2.75) is 6.54 Å². The van der Waals surface area contributed by atoms with E-state index in [0.717, 1.165) is 11.0 Å². The predicted molar refractivity (Wildman–Crippen MR) is 105 cm³/mol. The largest absolute Gasteiger partial charge is 0.508 e. The molecule has 2 amide bonds. The molecule has 2 heterocycles. The Balaban J connectivity index is 1.68. The Hall–Kier alpha value is -3.72. The molecule has 0 aliphatic carbocycles. The molecule has 1 aromatic heterocycles. The Morgan fingerprint density at radius 2 is 1.69 bits per heavy atom. The number of hydrogen-bond donors (Lipinski definition) is 3. The van der Waals surface area contributed by atoms with Crippen LogP contribution in [0.4, 0.5) is 4.79 Å². The molecule has 29 heavy (non-hydrogen) atoms. The van der Waals surface area contributed by atoms with Crippen LogP contribution in [0.2, 0.25) is 0 Å². The molecule has 3 aromatic rings. The van der Waals surface area contributed by atoms with Crippen molar-refractivity contribution in [3.05, 3.63) is 68.9 Å². The molecule has 2 aromatic carbocycles. The number of carbonyl (C=O) groups excluding carboxylic acids is 2. The second kappa shape index (κ2) is 7.02. The molecule has 9 heteroatoms. The first-order valence-electron chi connectivity index (χ1n) is 8.35. The summed E-state index contributed by atoms with van der Waals surface area (Å²) in [5, 5.41) is 28.8. The lowest BCUT2D eigenvalue weighted by molar-refractivity contribution is -0.123. The Bertz CT molecular complexity index is 1260. The summed E-state index contributed by atoms with van der Waals surface area (Å²) in [6.45, 7) is -0.156. The van der Waals surface area contributed by atoms with Crippen molar-refractivity contribution >= 4 is 40.0 Å². The molecule has 0 atom stereocenters. The highest BCUT2D eigenvalue weighted by atomic mass is 32.2. The number of amides is 2. The van der Waals surface area contributed by atoms with E-state index in [0.29, 0.717) is 22.7 Å². The third-order valence-corrected chi connectivity index (χ3v) is 5.22. The van der Waals surface area contributed by atoms with E-state index < -0.39 is 16.8 Å². The van der Waals surface area contributed by atoms with Crippen molar-refractivity contribution in [2.75, 3.05) is 0 Å². The molecule has 1 aliphatic rings. The van der Waals surface area contributed by atoms with E-state index in [2.05, 4.69) is 0 Å². The Morgan fingerprint density at radius 3 is 2.45 bits per heavy atom. The van der Waals surface area contributed by atoms with E-state index in [9.17, 15) is 29.7 Å². The highest BCUT2D eigenvalue weighted by Gasteiger charge is 2.35. The number of carbonyl (C=O) groups is 2. The summed E-state index contributed by atoms with van der Waals surface area (Å²) < 4.78 is 5.06. The first-order chi connectivity index (χ1) is 13.8. The molecule has 0 bridgehead atoms. The van der Waals surface area contributed by atoms with E-state index in [-0.39, 0.29) is 39.8 Å². The molecule has 8 nitrogen and oxygen atoms in total. The quantitative estimate of drug-likeness (QED) is 0.443. The van der Waals surface area contributed by atoms with Gasteiger partial charge in [0.15, 0.2) is 0 Å². The van der Waals surface area contributed by atoms with Gasteiger partial charge in [0.1, 0.15) is 22.8 Å². The molecule has 0 spiro atoms.